The lowest BCUT2D eigenvalue weighted by molar-refractivity contribution is -0.388. The SMILES string of the molecule is COC(=O)C(Cc1ccc2ccccc2c1)N1CCN(S(=O)(=O)c2ccccc2[N+](=O)[O-])C(CCCNC(=O)OCc2ccccc2)C1=O.COC(=O)C(Cc1ccc2ccccc2c1)NC(=O)C(CCCNC(=O)OCc1ccccc1)NS(=O)(=O)c1ccccc1[N+](=O)[O-]. The number of nitrogens with one attached hydrogen (secondary N) is 4. The molecule has 0 saturated carbocycles. The van der Waals surface area contributed by atoms with Crippen LogP contribution >= 0.6 is 0 Å². The number of amides is 4. The standard InChI is InChI=1S/C35H36N4O9S.C33H34N4O9S/c1-47-34(41)31(23-26-17-18-27-12-5-6-13-28(27)22-26)37-20-21-38(49(45,46)32-16-8-7-14-29(32)39(43)44)30(33(37)40)15-9-19-36-35(42)48-24-25-10-3-2-4-11-25;1-45-32(39)28(21-24-17-18-25-12-5-6-13-26(25)20-24)35-31(38)27(36-47(43,44)30-16-8-7-15-29(30)37(41)42)14-9-19-34-33(40)46-22-23-10-3-2-4-11-23/h2-8,10-14,16-18,22,30-31H,9,15,19-21,23-24H2,1H3,(H,36,42);2-8,10-13,15-18,20,27-28,36H,9,14,19,21-22H2,1H3,(H,34,40)(H,35,38). The van der Waals surface area contributed by atoms with Gasteiger partial charge in [-0.15, -0.1) is 0 Å². The van der Waals surface area contributed by atoms with Crippen LogP contribution in [0.1, 0.15) is 47.9 Å². The van der Waals surface area contributed by atoms with Gasteiger partial charge in [-0.3, -0.25) is 29.8 Å². The van der Waals surface area contributed by atoms with E-state index in [1.807, 2.05) is 109 Å². The lowest BCUT2D eigenvalue weighted by Gasteiger charge is -2.42. The third kappa shape index (κ3) is 19.2. The van der Waals surface area contributed by atoms with Crippen molar-refractivity contribution in [1.29, 1.82) is 0 Å². The molecule has 0 aromatic heterocycles. The summed E-state index contributed by atoms with van der Waals surface area (Å²) in [6, 6.07) is 49.3. The number of carbonyl (C=O) groups is 6. The van der Waals surface area contributed by atoms with Crippen molar-refractivity contribution in [3.8, 4) is 0 Å². The smallest absolute Gasteiger partial charge is 0.407 e. The zero-order valence-electron chi connectivity index (χ0n) is 52.2. The van der Waals surface area contributed by atoms with Gasteiger partial charge in [0.25, 0.3) is 21.4 Å². The lowest BCUT2D eigenvalue weighted by Crippen LogP contribution is -2.62. The second kappa shape index (κ2) is 33.9. The molecule has 0 aliphatic carbocycles. The van der Waals surface area contributed by atoms with E-state index in [-0.39, 0.29) is 77.9 Å². The number of benzene rings is 8. The third-order valence-electron chi connectivity index (χ3n) is 15.5. The minimum atomic E-state index is -4.60. The Kier molecular flexibility index (Phi) is 25.2. The van der Waals surface area contributed by atoms with E-state index in [0.29, 0.717) is 0 Å². The van der Waals surface area contributed by atoms with E-state index in [1.165, 1.54) is 43.4 Å². The van der Waals surface area contributed by atoms with Gasteiger partial charge in [-0.2, -0.15) is 9.03 Å². The maximum Gasteiger partial charge on any atom is 0.407 e. The summed E-state index contributed by atoms with van der Waals surface area (Å²) in [7, 11) is -6.77. The molecular formula is C68H70N8O18S2. The Balaban J connectivity index is 0.000000246. The van der Waals surface area contributed by atoms with Gasteiger partial charge in [0.05, 0.1) is 24.1 Å². The predicted molar refractivity (Wildman–Crippen MR) is 352 cm³/mol. The molecule has 4 unspecified atom stereocenters. The second-order valence-electron chi connectivity index (χ2n) is 21.9. The Morgan fingerprint density at radius 3 is 1.54 bits per heavy atom. The largest absolute Gasteiger partial charge is 0.467 e. The van der Waals surface area contributed by atoms with Gasteiger partial charge in [0, 0.05) is 51.2 Å². The normalized spacial score (nSPS) is 14.2. The molecular weight excluding hydrogens is 1280 g/mol. The fourth-order valence-electron chi connectivity index (χ4n) is 10.7. The van der Waals surface area contributed by atoms with E-state index in [1.54, 1.807) is 36.4 Å². The number of methoxy groups -OCH3 is 2. The zero-order chi connectivity index (χ0) is 68.8. The van der Waals surface area contributed by atoms with Crippen LogP contribution < -0.4 is 20.7 Å². The Hall–Kier alpha value is -10.7. The molecule has 9 rings (SSSR count). The van der Waals surface area contributed by atoms with E-state index in [9.17, 15) is 65.8 Å². The van der Waals surface area contributed by atoms with Crippen LogP contribution in [0.5, 0.6) is 0 Å². The van der Waals surface area contributed by atoms with Crippen molar-refractivity contribution in [2.75, 3.05) is 40.4 Å². The lowest BCUT2D eigenvalue weighted by atomic mass is 9.98. The number of hydrogen-bond acceptors (Lipinski definition) is 18. The van der Waals surface area contributed by atoms with Crippen molar-refractivity contribution >= 4 is 88.9 Å². The molecule has 26 nitrogen and oxygen atoms in total. The molecule has 0 spiro atoms. The van der Waals surface area contributed by atoms with Gasteiger partial charge in [-0.1, -0.05) is 170 Å². The molecule has 0 radical (unpaired) electrons. The van der Waals surface area contributed by atoms with Gasteiger partial charge in [-0.25, -0.2) is 36.0 Å². The number of nitrogens with zero attached hydrogens (tertiary/aromatic N) is 4. The summed E-state index contributed by atoms with van der Waals surface area (Å²) in [5, 5.41) is 34.9. The molecule has 4 N–H and O–H groups in total. The average molecular weight is 1350 g/mol. The Bertz CT molecular complexity index is 4320. The number of para-hydroxylation sites is 2. The molecule has 1 saturated heterocycles. The predicted octanol–water partition coefficient (Wildman–Crippen LogP) is 8.44. The number of hydrogen-bond donors (Lipinski definition) is 4. The van der Waals surface area contributed by atoms with Crippen LogP contribution in [0, 0.1) is 20.2 Å². The molecule has 502 valence electrons. The van der Waals surface area contributed by atoms with Crippen molar-refractivity contribution in [3.05, 3.63) is 237 Å². The van der Waals surface area contributed by atoms with Crippen molar-refractivity contribution in [1.82, 2.24) is 29.9 Å². The number of rotatable bonds is 28. The summed E-state index contributed by atoms with van der Waals surface area (Å²) in [4.78, 5) is 100. The monoisotopic (exact) mass is 1350 g/mol. The molecule has 28 heteroatoms. The minimum absolute atomic E-state index is 0.0160. The molecule has 4 amide bonds. The molecule has 1 aliphatic heterocycles. The molecule has 96 heavy (non-hydrogen) atoms. The minimum Gasteiger partial charge on any atom is -0.467 e. The van der Waals surface area contributed by atoms with Gasteiger partial charge < -0.3 is 39.8 Å². The molecule has 8 aromatic rings. The number of fused-ring (bicyclic) bond motifs is 2. The highest BCUT2D eigenvalue weighted by Crippen LogP contribution is 2.32. The fourth-order valence-corrected chi connectivity index (χ4v) is 13.9. The van der Waals surface area contributed by atoms with Crippen LogP contribution in [0.2, 0.25) is 0 Å². The highest BCUT2D eigenvalue weighted by atomic mass is 32.2. The van der Waals surface area contributed by atoms with Gasteiger partial charge >= 0.3 is 24.1 Å². The molecule has 8 aromatic carbocycles. The topological polar surface area (TPSA) is 348 Å². The van der Waals surface area contributed by atoms with Crippen molar-refractivity contribution in [2.45, 2.75) is 85.7 Å². The van der Waals surface area contributed by atoms with Crippen molar-refractivity contribution in [2.24, 2.45) is 0 Å². The van der Waals surface area contributed by atoms with Crippen LogP contribution in [-0.2, 0) is 84.2 Å². The Morgan fingerprint density at radius 1 is 0.542 bits per heavy atom. The Labute approximate surface area is 553 Å². The van der Waals surface area contributed by atoms with E-state index in [4.69, 9.17) is 18.9 Å². The summed E-state index contributed by atoms with van der Waals surface area (Å²) in [6.07, 6.45) is -1.19. The summed E-state index contributed by atoms with van der Waals surface area (Å²) in [5.74, 6) is -2.95. The number of alkyl carbamates (subject to hydrolysis) is 2. The van der Waals surface area contributed by atoms with Crippen LogP contribution in [0.15, 0.2) is 204 Å². The average Bonchev–Trinajstić information content (AvgIpc) is 0.758. The van der Waals surface area contributed by atoms with Crippen LogP contribution in [-0.4, -0.2) is 136 Å². The molecule has 1 fully saturated rings. The number of nitro groups is 2. The maximum absolute atomic E-state index is 14.3. The first-order valence-electron chi connectivity index (χ1n) is 30.3. The number of sulfonamides is 2. The zero-order valence-corrected chi connectivity index (χ0v) is 53.9. The quantitative estimate of drug-likeness (QED) is 0.0117. The fraction of sp³-hybridized carbons (Fsp3) is 0.265. The molecule has 4 atom stereocenters. The van der Waals surface area contributed by atoms with Gasteiger partial charge in [0.2, 0.25) is 21.8 Å². The van der Waals surface area contributed by atoms with Gasteiger partial charge in [0.15, 0.2) is 9.79 Å². The highest BCUT2D eigenvalue weighted by molar-refractivity contribution is 7.89. The maximum atomic E-state index is 14.3. The van der Waals surface area contributed by atoms with E-state index in [2.05, 4.69) is 20.7 Å². The highest BCUT2D eigenvalue weighted by Gasteiger charge is 2.46. The van der Waals surface area contributed by atoms with Crippen LogP contribution in [0.4, 0.5) is 21.0 Å². The second-order valence-corrected chi connectivity index (χ2v) is 25.5. The molecule has 0 bridgehead atoms. The Morgan fingerprint density at radius 2 is 1.01 bits per heavy atom. The molecule has 1 heterocycles. The number of carbonyl (C=O) groups excluding carboxylic acids is 6. The van der Waals surface area contributed by atoms with Crippen LogP contribution in [0.3, 0.4) is 0 Å². The molecule has 1 aliphatic rings. The number of piperazine rings is 1. The van der Waals surface area contributed by atoms with Crippen molar-refractivity contribution in [3.63, 3.8) is 0 Å². The first-order chi connectivity index (χ1) is 46.2. The number of nitro benzene ring substituents is 2. The number of esters is 2. The number of ether oxygens (including phenoxy) is 4. The summed E-state index contributed by atoms with van der Waals surface area (Å²) in [6.45, 7) is -0.234. The van der Waals surface area contributed by atoms with Crippen LogP contribution in [0.25, 0.3) is 21.5 Å². The van der Waals surface area contributed by atoms with E-state index >= 15 is 0 Å². The first-order valence-corrected chi connectivity index (χ1v) is 33.2. The summed E-state index contributed by atoms with van der Waals surface area (Å²) >= 11 is 0. The summed E-state index contributed by atoms with van der Waals surface area (Å²) in [5.41, 5.74) is 1.77. The third-order valence-corrected chi connectivity index (χ3v) is 19.0. The van der Waals surface area contributed by atoms with Crippen molar-refractivity contribution < 1.29 is 74.4 Å². The first kappa shape index (κ1) is 71.2. The summed E-state index contributed by atoms with van der Waals surface area (Å²) < 4.78 is 78.3. The van der Waals surface area contributed by atoms with Gasteiger partial charge in [-0.05, 0) is 81.6 Å². The van der Waals surface area contributed by atoms with E-state index < -0.39 is 111 Å². The van der Waals surface area contributed by atoms with E-state index in [0.717, 1.165) is 72.4 Å². The van der Waals surface area contributed by atoms with Gasteiger partial charge in [0.1, 0.15) is 37.4 Å².